The molecule has 0 radical (unpaired) electrons. The number of hydrogen-bond donors (Lipinski definition) is 2. The quantitative estimate of drug-likeness (QED) is 0.551. The van der Waals surface area contributed by atoms with Crippen LogP contribution in [0.4, 0.5) is 5.82 Å². The van der Waals surface area contributed by atoms with Gasteiger partial charge in [0, 0.05) is 16.8 Å². The molecule has 7 nitrogen and oxygen atoms in total. The third-order valence-corrected chi connectivity index (χ3v) is 4.21. The average Bonchev–Trinajstić information content (AvgIpc) is 3.20. The number of para-hydroxylation sites is 1. The first-order valence-corrected chi connectivity index (χ1v) is 8.31. The molecule has 0 amide bonds. The number of thiazole rings is 1. The largest absolute Gasteiger partial charge is 0.461 e. The number of nitrogens with zero attached hydrogens (tertiary/aromatic N) is 3. The van der Waals surface area contributed by atoms with Crippen LogP contribution in [0, 0.1) is 6.92 Å². The van der Waals surface area contributed by atoms with E-state index in [1.54, 1.807) is 6.92 Å². The van der Waals surface area contributed by atoms with Crippen molar-refractivity contribution in [2.75, 3.05) is 12.0 Å². The number of benzene rings is 1. The zero-order chi connectivity index (χ0) is 16.9. The topological polar surface area (TPSA) is 84.3 Å². The lowest BCUT2D eigenvalue weighted by Gasteiger charge is -2.05. The standard InChI is InChI=1S/C16H17N5O2S/c1-3-23-15(22)13-14(18-10-17-13)19-20-16-21(11(2)9-24-16)12-7-5-4-6-8-12/h4-10,19H,3H2,1-2H3,(H,17,18)/b20-16+. The van der Waals surface area contributed by atoms with E-state index < -0.39 is 5.97 Å². The van der Waals surface area contributed by atoms with Crippen LogP contribution in [-0.4, -0.2) is 27.1 Å². The molecule has 0 aliphatic heterocycles. The maximum Gasteiger partial charge on any atom is 0.358 e. The molecule has 0 spiro atoms. The van der Waals surface area contributed by atoms with E-state index in [9.17, 15) is 4.79 Å². The number of hydrogen-bond acceptors (Lipinski definition) is 6. The van der Waals surface area contributed by atoms with Crippen LogP contribution in [0.15, 0.2) is 47.1 Å². The molecule has 0 atom stereocenters. The van der Waals surface area contributed by atoms with Crippen molar-refractivity contribution in [1.82, 2.24) is 14.5 Å². The predicted octanol–water partition coefficient (Wildman–Crippen LogP) is 2.67. The number of imidazole rings is 1. The van der Waals surface area contributed by atoms with Crippen molar-refractivity contribution in [1.29, 1.82) is 0 Å². The van der Waals surface area contributed by atoms with E-state index in [1.807, 2.05) is 47.2 Å². The highest BCUT2D eigenvalue weighted by Gasteiger charge is 2.15. The van der Waals surface area contributed by atoms with E-state index in [1.165, 1.54) is 17.7 Å². The number of aromatic nitrogens is 3. The first-order valence-electron chi connectivity index (χ1n) is 7.43. The molecule has 0 aliphatic rings. The summed E-state index contributed by atoms with van der Waals surface area (Å²) in [5.74, 6) is -0.134. The Balaban J connectivity index is 1.92. The molecule has 2 N–H and O–H groups in total. The van der Waals surface area contributed by atoms with Crippen LogP contribution in [0.3, 0.4) is 0 Å². The molecule has 0 bridgehead atoms. The van der Waals surface area contributed by atoms with Gasteiger partial charge in [-0.25, -0.2) is 9.78 Å². The third-order valence-electron chi connectivity index (χ3n) is 3.27. The number of ether oxygens (including phenoxy) is 1. The molecule has 0 aliphatic carbocycles. The summed E-state index contributed by atoms with van der Waals surface area (Å²) in [5.41, 5.74) is 5.18. The predicted molar refractivity (Wildman–Crippen MR) is 92.1 cm³/mol. The summed E-state index contributed by atoms with van der Waals surface area (Å²) in [5, 5.41) is 6.41. The highest BCUT2D eigenvalue weighted by atomic mass is 32.1. The minimum Gasteiger partial charge on any atom is -0.461 e. The Kier molecular flexibility index (Phi) is 4.76. The fourth-order valence-electron chi connectivity index (χ4n) is 2.20. The molecule has 2 aromatic heterocycles. The minimum atomic E-state index is -0.467. The number of carbonyl (C=O) groups excluding carboxylic acids is 1. The number of aryl methyl sites for hydroxylation is 1. The second-order valence-corrected chi connectivity index (χ2v) is 5.74. The molecule has 24 heavy (non-hydrogen) atoms. The monoisotopic (exact) mass is 343 g/mol. The van der Waals surface area contributed by atoms with Crippen LogP contribution in [-0.2, 0) is 4.74 Å². The summed E-state index contributed by atoms with van der Waals surface area (Å²) in [6.07, 6.45) is 1.43. The number of carbonyl (C=O) groups is 1. The van der Waals surface area contributed by atoms with Crippen molar-refractivity contribution in [3.63, 3.8) is 0 Å². The van der Waals surface area contributed by atoms with Crippen LogP contribution < -0.4 is 10.2 Å². The second-order valence-electron chi connectivity index (χ2n) is 4.90. The fourth-order valence-corrected chi connectivity index (χ4v) is 3.03. The van der Waals surface area contributed by atoms with Gasteiger partial charge >= 0.3 is 5.97 Å². The molecular formula is C16H17N5O2S. The molecule has 3 rings (SSSR count). The summed E-state index contributed by atoms with van der Waals surface area (Å²) in [4.78, 5) is 19.4. The zero-order valence-electron chi connectivity index (χ0n) is 13.3. The molecule has 3 aromatic rings. The summed E-state index contributed by atoms with van der Waals surface area (Å²) in [7, 11) is 0. The number of anilines is 1. The normalized spacial score (nSPS) is 11.5. The molecule has 2 heterocycles. The SMILES string of the molecule is CCOC(=O)c1[nH]cnc1N/N=c1/scc(C)n1-c1ccccc1. The molecule has 0 saturated heterocycles. The van der Waals surface area contributed by atoms with Crippen LogP contribution in [0.1, 0.15) is 23.1 Å². The van der Waals surface area contributed by atoms with E-state index >= 15 is 0 Å². The van der Waals surface area contributed by atoms with Crippen molar-refractivity contribution < 1.29 is 9.53 Å². The maximum absolute atomic E-state index is 11.9. The Bertz CT molecular complexity index is 895. The van der Waals surface area contributed by atoms with Crippen LogP contribution in [0.5, 0.6) is 0 Å². The molecule has 0 unspecified atom stereocenters. The van der Waals surface area contributed by atoms with E-state index in [-0.39, 0.29) is 5.69 Å². The molecule has 124 valence electrons. The number of H-pyrrole nitrogens is 1. The Hall–Kier alpha value is -2.87. The first-order chi connectivity index (χ1) is 11.7. The summed E-state index contributed by atoms with van der Waals surface area (Å²) in [6, 6.07) is 9.94. The maximum atomic E-state index is 11.9. The number of esters is 1. The lowest BCUT2D eigenvalue weighted by Crippen LogP contribution is -2.16. The summed E-state index contributed by atoms with van der Waals surface area (Å²) < 4.78 is 7.00. The van der Waals surface area contributed by atoms with Gasteiger partial charge in [0.15, 0.2) is 11.5 Å². The van der Waals surface area contributed by atoms with E-state index in [4.69, 9.17) is 4.74 Å². The van der Waals surface area contributed by atoms with Gasteiger partial charge < -0.3 is 9.72 Å². The van der Waals surface area contributed by atoms with Gasteiger partial charge in [-0.15, -0.1) is 16.4 Å². The van der Waals surface area contributed by atoms with Crippen LogP contribution in [0.25, 0.3) is 5.69 Å². The van der Waals surface area contributed by atoms with Crippen LogP contribution >= 0.6 is 11.3 Å². The van der Waals surface area contributed by atoms with Crippen molar-refractivity contribution in [3.8, 4) is 5.69 Å². The van der Waals surface area contributed by atoms with E-state index in [0.29, 0.717) is 12.4 Å². The van der Waals surface area contributed by atoms with Gasteiger partial charge in [0.1, 0.15) is 0 Å². The van der Waals surface area contributed by atoms with Gasteiger partial charge in [-0.1, -0.05) is 18.2 Å². The van der Waals surface area contributed by atoms with Gasteiger partial charge in [-0.2, -0.15) is 0 Å². The van der Waals surface area contributed by atoms with Crippen molar-refractivity contribution in [2.24, 2.45) is 5.10 Å². The van der Waals surface area contributed by atoms with Crippen molar-refractivity contribution in [3.05, 3.63) is 58.2 Å². The van der Waals surface area contributed by atoms with Crippen molar-refractivity contribution >= 4 is 23.1 Å². The van der Waals surface area contributed by atoms with E-state index in [0.717, 1.165) is 16.2 Å². The lowest BCUT2D eigenvalue weighted by atomic mass is 10.3. The Morgan fingerprint density at radius 2 is 2.21 bits per heavy atom. The van der Waals surface area contributed by atoms with Crippen LogP contribution in [0.2, 0.25) is 0 Å². The van der Waals surface area contributed by atoms with E-state index in [2.05, 4.69) is 20.5 Å². The average molecular weight is 343 g/mol. The highest BCUT2D eigenvalue weighted by Crippen LogP contribution is 2.12. The summed E-state index contributed by atoms with van der Waals surface area (Å²) >= 11 is 1.50. The number of rotatable bonds is 5. The number of nitrogens with one attached hydrogen (secondary N) is 2. The molecule has 1 aromatic carbocycles. The fraction of sp³-hybridized carbons (Fsp3) is 0.188. The Morgan fingerprint density at radius 1 is 1.42 bits per heavy atom. The second kappa shape index (κ2) is 7.14. The van der Waals surface area contributed by atoms with Gasteiger partial charge in [-0.3, -0.25) is 9.99 Å². The highest BCUT2D eigenvalue weighted by molar-refractivity contribution is 7.07. The van der Waals surface area contributed by atoms with Gasteiger partial charge in [0.05, 0.1) is 12.9 Å². The number of aromatic amines is 1. The molecule has 0 fully saturated rings. The summed E-state index contributed by atoms with van der Waals surface area (Å²) in [6.45, 7) is 4.07. The van der Waals surface area contributed by atoms with Gasteiger partial charge in [-0.05, 0) is 26.0 Å². The van der Waals surface area contributed by atoms with Gasteiger partial charge in [0.2, 0.25) is 4.80 Å². The lowest BCUT2D eigenvalue weighted by molar-refractivity contribution is 0.0521. The van der Waals surface area contributed by atoms with Gasteiger partial charge in [0.25, 0.3) is 0 Å². The Labute approximate surface area is 142 Å². The Morgan fingerprint density at radius 3 is 2.96 bits per heavy atom. The minimum absolute atomic E-state index is 0.250. The third kappa shape index (κ3) is 3.23. The smallest absolute Gasteiger partial charge is 0.358 e. The first kappa shape index (κ1) is 16.0. The molecular weight excluding hydrogens is 326 g/mol. The molecule has 8 heteroatoms. The molecule has 0 saturated carbocycles. The zero-order valence-corrected chi connectivity index (χ0v) is 14.1. The van der Waals surface area contributed by atoms with Crippen molar-refractivity contribution in [2.45, 2.75) is 13.8 Å².